The zero-order valence-corrected chi connectivity index (χ0v) is 44.1. The molecule has 0 spiro atoms. The number of hydrogen-bond donors (Lipinski definition) is 4. The van der Waals surface area contributed by atoms with E-state index >= 15 is 9.59 Å². The van der Waals surface area contributed by atoms with Gasteiger partial charge in [0.2, 0.25) is 6.10 Å². The van der Waals surface area contributed by atoms with Gasteiger partial charge in [0.25, 0.3) is 0 Å². The Labute approximate surface area is 448 Å². The van der Waals surface area contributed by atoms with Gasteiger partial charge in [0, 0.05) is 50.9 Å². The van der Waals surface area contributed by atoms with E-state index in [4.69, 9.17) is 42.6 Å². The molecule has 2 aromatic rings. The number of benzene rings is 2. The SMILES string of the molecule is C=CCOC(=O)O[C@@H](C(=O)OC1C[C@@]2(O)[C@@H](OC(=O)c3ccccc3)[C@@H]3[C@]4(OC(C)=O)CO[C@@H]4CC(OC(=O)CCCC(=O)O)[C@@]3(C)C(=O)[C@H](OC(=O)CCCC(=O)O)C(=C1C)C2(C)C)[C@@H](NC(=O)OCC)c1ccccc1. The first-order valence-electron chi connectivity index (χ1n) is 25.4. The summed E-state index contributed by atoms with van der Waals surface area (Å²) >= 11 is 0. The lowest BCUT2D eigenvalue weighted by Gasteiger charge is -2.67. The fourth-order valence-corrected chi connectivity index (χ4v) is 11.2. The maximum absolute atomic E-state index is 16.4. The average molecular weight is 1090 g/mol. The number of aliphatic hydroxyl groups is 1. The van der Waals surface area contributed by atoms with E-state index in [2.05, 4.69) is 11.9 Å². The number of alkyl carbamates (subject to hydrolysis) is 1. The average Bonchev–Trinajstić information content (AvgIpc) is 3.53. The van der Waals surface area contributed by atoms with Gasteiger partial charge in [0.1, 0.15) is 42.7 Å². The summed E-state index contributed by atoms with van der Waals surface area (Å²) in [5.41, 5.74) is -9.08. The lowest BCUT2D eigenvalue weighted by atomic mass is 9.44. The number of carbonyl (C=O) groups is 10. The maximum atomic E-state index is 16.4. The first-order valence-corrected chi connectivity index (χ1v) is 25.4. The van der Waals surface area contributed by atoms with E-state index in [1.165, 1.54) is 77.1 Å². The van der Waals surface area contributed by atoms with E-state index in [9.17, 15) is 53.7 Å². The van der Waals surface area contributed by atoms with Gasteiger partial charge in [0.15, 0.2) is 17.5 Å². The summed E-state index contributed by atoms with van der Waals surface area (Å²) in [4.78, 5) is 137. The van der Waals surface area contributed by atoms with E-state index in [0.29, 0.717) is 0 Å². The van der Waals surface area contributed by atoms with Crippen LogP contribution in [0.5, 0.6) is 0 Å². The first kappa shape index (κ1) is 59.6. The molecule has 23 heteroatoms. The number of carboxylic acid groups (broad SMARTS) is 2. The quantitative estimate of drug-likeness (QED) is 0.0648. The molecule has 23 nitrogen and oxygen atoms in total. The minimum Gasteiger partial charge on any atom is -0.481 e. The summed E-state index contributed by atoms with van der Waals surface area (Å²) in [5, 5.41) is 35.5. The number of ether oxygens (including phenoxy) is 9. The summed E-state index contributed by atoms with van der Waals surface area (Å²) in [6.07, 6.45) is -15.8. The molecular formula is C55H65NO22. The predicted octanol–water partition coefficient (Wildman–Crippen LogP) is 5.44. The zero-order chi connectivity index (χ0) is 57.3. The van der Waals surface area contributed by atoms with Gasteiger partial charge in [-0.15, -0.1) is 0 Å². The number of carboxylic acids is 2. The Morgan fingerprint density at radius 2 is 1.44 bits per heavy atom. The molecule has 11 atom stereocenters. The van der Waals surface area contributed by atoms with Crippen LogP contribution in [0.2, 0.25) is 0 Å². The number of amides is 1. The van der Waals surface area contributed by atoms with Crippen LogP contribution in [-0.2, 0) is 76.2 Å². The minimum absolute atomic E-state index is 0.0370. The molecule has 4 N–H and O–H groups in total. The first-order chi connectivity index (χ1) is 36.9. The fourth-order valence-electron chi connectivity index (χ4n) is 11.2. The van der Waals surface area contributed by atoms with Gasteiger partial charge in [-0.05, 0) is 62.5 Å². The summed E-state index contributed by atoms with van der Waals surface area (Å²) in [7, 11) is 0. The predicted molar refractivity (Wildman–Crippen MR) is 266 cm³/mol. The largest absolute Gasteiger partial charge is 0.509 e. The molecule has 2 saturated carbocycles. The zero-order valence-electron chi connectivity index (χ0n) is 44.1. The van der Waals surface area contributed by atoms with Crippen molar-refractivity contribution in [2.45, 2.75) is 147 Å². The Bertz CT molecular complexity index is 2670. The molecule has 1 saturated heterocycles. The Hall–Kier alpha value is -7.66. The van der Waals surface area contributed by atoms with Crippen LogP contribution in [-0.4, -0.2) is 143 Å². The molecule has 3 aliphatic carbocycles. The van der Waals surface area contributed by atoms with E-state index in [1.54, 1.807) is 24.3 Å². The third kappa shape index (κ3) is 12.4. The highest BCUT2D eigenvalue weighted by atomic mass is 16.7. The third-order valence-corrected chi connectivity index (χ3v) is 15.0. The van der Waals surface area contributed by atoms with Crippen LogP contribution in [0.15, 0.2) is 84.5 Å². The topological polar surface area (TPSA) is 326 Å². The van der Waals surface area contributed by atoms with Crippen molar-refractivity contribution in [1.82, 2.24) is 5.32 Å². The van der Waals surface area contributed by atoms with Crippen molar-refractivity contribution in [2.24, 2.45) is 16.7 Å². The molecule has 1 aliphatic heterocycles. The lowest BCUT2D eigenvalue weighted by molar-refractivity contribution is -0.346. The molecule has 0 aromatic heterocycles. The van der Waals surface area contributed by atoms with Gasteiger partial charge < -0.3 is 63.3 Å². The second kappa shape index (κ2) is 24.8. The van der Waals surface area contributed by atoms with Gasteiger partial charge >= 0.3 is 54.0 Å². The Kier molecular flexibility index (Phi) is 18.9. The molecule has 6 rings (SSSR count). The molecule has 4 aliphatic rings. The minimum atomic E-state index is -2.67. The Morgan fingerprint density at radius 1 is 0.833 bits per heavy atom. The highest BCUT2D eigenvalue weighted by Crippen LogP contribution is 2.65. The second-order valence-electron chi connectivity index (χ2n) is 20.2. The van der Waals surface area contributed by atoms with Crippen LogP contribution in [0, 0.1) is 16.7 Å². The molecular weight excluding hydrogens is 1030 g/mol. The van der Waals surface area contributed by atoms with E-state index in [-0.39, 0.29) is 54.7 Å². The van der Waals surface area contributed by atoms with E-state index in [1.807, 2.05) is 0 Å². The van der Waals surface area contributed by atoms with Crippen LogP contribution >= 0.6 is 0 Å². The molecule has 0 radical (unpaired) electrons. The van der Waals surface area contributed by atoms with Gasteiger partial charge in [-0.1, -0.05) is 75.0 Å². The highest BCUT2D eigenvalue weighted by Gasteiger charge is 2.79. The monoisotopic (exact) mass is 1090 g/mol. The van der Waals surface area contributed by atoms with Gasteiger partial charge in [-0.2, -0.15) is 0 Å². The van der Waals surface area contributed by atoms with E-state index in [0.717, 1.165) is 6.92 Å². The van der Waals surface area contributed by atoms with Gasteiger partial charge in [-0.3, -0.25) is 28.8 Å². The van der Waals surface area contributed by atoms with Gasteiger partial charge in [-0.25, -0.2) is 19.2 Å². The summed E-state index contributed by atoms with van der Waals surface area (Å²) in [6, 6.07) is 13.7. The number of rotatable bonds is 22. The standard InChI is InChI=1S/C55H65NO22/c1-8-26-71-51(68)76-44(42(56-50(67)70-9-2)32-18-12-10-13-19-32)49(66)73-34-28-55(69)47(77-48(65)33-20-14-11-15-21-33)45-53(7,46(64)43(41(30(34)3)52(55,5)6)75-40(63)25-17-23-38(60)61)35(74-39(62)24-16-22-37(58)59)27-36-54(45,29-72-36)78-31(4)57/h8,10-15,18-21,34-36,42-45,47,69H,1,9,16-17,22-29H2,2-7H3,(H,56,67)(H,58,59)(H,60,61)/t34?,35?,36-,42+,43-,44-,45+,47+,53-,54+,55-/m1/s1. The Morgan fingerprint density at radius 3 is 1.99 bits per heavy atom. The molecule has 1 amide bonds. The second-order valence-corrected chi connectivity index (χ2v) is 20.2. The maximum Gasteiger partial charge on any atom is 0.509 e. The number of aliphatic carboxylic acids is 2. The van der Waals surface area contributed by atoms with Crippen molar-refractivity contribution in [1.29, 1.82) is 0 Å². The third-order valence-electron chi connectivity index (χ3n) is 15.0. The fraction of sp³-hybridized carbons (Fsp3) is 0.527. The summed E-state index contributed by atoms with van der Waals surface area (Å²) in [5.74, 6) is -10.8. The molecule has 3 fully saturated rings. The Balaban J connectivity index is 1.64. The van der Waals surface area contributed by atoms with Crippen molar-refractivity contribution in [3.05, 3.63) is 95.6 Å². The number of fused-ring (bicyclic) bond motifs is 5. The number of carbonyl (C=O) groups excluding carboxylic acids is 8. The molecule has 78 heavy (non-hydrogen) atoms. The van der Waals surface area contributed by atoms with Crippen molar-refractivity contribution < 1.29 is 106 Å². The van der Waals surface area contributed by atoms with Crippen molar-refractivity contribution in [3.8, 4) is 0 Å². The van der Waals surface area contributed by atoms with Crippen LogP contribution in [0.4, 0.5) is 9.59 Å². The van der Waals surface area contributed by atoms with Crippen molar-refractivity contribution in [2.75, 3.05) is 19.8 Å². The smallest absolute Gasteiger partial charge is 0.481 e. The molecule has 2 aromatic carbocycles. The highest BCUT2D eigenvalue weighted by molar-refractivity contribution is 5.96. The van der Waals surface area contributed by atoms with E-state index < -0.39 is 169 Å². The number of hydrogen-bond acceptors (Lipinski definition) is 20. The molecule has 1 heterocycles. The number of nitrogens with one attached hydrogen (secondary N) is 1. The molecule has 2 bridgehead atoms. The number of esters is 5. The number of Topliss-reactive ketones (excluding diaryl/α,β-unsaturated/α-hetero) is 1. The summed E-state index contributed by atoms with van der Waals surface area (Å²) in [6.45, 7) is 10.7. The number of ketones is 1. The summed E-state index contributed by atoms with van der Waals surface area (Å²) < 4.78 is 53.1. The van der Waals surface area contributed by atoms with Crippen molar-refractivity contribution in [3.63, 3.8) is 0 Å². The molecule has 2 unspecified atom stereocenters. The lowest BCUT2D eigenvalue weighted by Crippen LogP contribution is -2.82. The molecule has 422 valence electrons. The van der Waals surface area contributed by atoms with Gasteiger partial charge in [0.05, 0.1) is 30.1 Å². The van der Waals surface area contributed by atoms with Crippen LogP contribution in [0.3, 0.4) is 0 Å². The van der Waals surface area contributed by atoms with Crippen LogP contribution in [0.1, 0.15) is 115 Å². The van der Waals surface area contributed by atoms with Crippen LogP contribution < -0.4 is 5.32 Å². The normalized spacial score (nSPS) is 27.3. The van der Waals surface area contributed by atoms with Crippen LogP contribution in [0.25, 0.3) is 0 Å². The van der Waals surface area contributed by atoms with Crippen molar-refractivity contribution >= 4 is 59.8 Å².